The van der Waals surface area contributed by atoms with Crippen LogP contribution in [0.2, 0.25) is 0 Å². The molecule has 2 N–H and O–H groups in total. The normalized spacial score (nSPS) is 18.4. The fourth-order valence-corrected chi connectivity index (χ4v) is 3.38. The molecule has 4 nitrogen and oxygen atoms in total. The summed E-state index contributed by atoms with van der Waals surface area (Å²) < 4.78 is 1.92. The number of nitrogens with zero attached hydrogens (tertiary/aromatic N) is 3. The van der Waals surface area contributed by atoms with E-state index >= 15 is 0 Å². The molecule has 2 rings (SSSR count). The molecule has 1 heterocycles. The van der Waals surface area contributed by atoms with E-state index in [2.05, 4.69) is 30.2 Å². The summed E-state index contributed by atoms with van der Waals surface area (Å²) in [4.78, 5) is 2.44. The van der Waals surface area contributed by atoms with Crippen LogP contribution in [0.15, 0.2) is 6.20 Å². The standard InChI is InChI=1S/C15H28N4/c1-4-14-13(11-19(3)17-14)15(9-16)18(2)10-12-7-5-6-8-12/h11-12,15H,4-10,16H2,1-3H3. The highest BCUT2D eigenvalue weighted by Gasteiger charge is 2.24. The second-order valence-corrected chi connectivity index (χ2v) is 5.90. The van der Waals surface area contributed by atoms with Crippen molar-refractivity contribution in [2.24, 2.45) is 18.7 Å². The molecule has 0 saturated heterocycles. The highest BCUT2D eigenvalue weighted by Crippen LogP contribution is 2.29. The summed E-state index contributed by atoms with van der Waals surface area (Å²) in [5.74, 6) is 0.862. The lowest BCUT2D eigenvalue weighted by molar-refractivity contribution is 0.211. The molecular weight excluding hydrogens is 236 g/mol. The number of aromatic nitrogens is 2. The van der Waals surface area contributed by atoms with Crippen LogP contribution >= 0.6 is 0 Å². The Hall–Kier alpha value is -0.870. The first kappa shape index (κ1) is 14.5. The van der Waals surface area contributed by atoms with E-state index in [1.54, 1.807) is 0 Å². The summed E-state index contributed by atoms with van der Waals surface area (Å²) >= 11 is 0. The Kier molecular flexibility index (Phi) is 4.99. The van der Waals surface area contributed by atoms with Crippen molar-refractivity contribution in [3.63, 3.8) is 0 Å². The highest BCUT2D eigenvalue weighted by molar-refractivity contribution is 5.22. The molecule has 1 aliphatic carbocycles. The second-order valence-electron chi connectivity index (χ2n) is 5.90. The summed E-state index contributed by atoms with van der Waals surface area (Å²) in [5.41, 5.74) is 8.54. The van der Waals surface area contributed by atoms with Crippen molar-refractivity contribution >= 4 is 0 Å². The first-order valence-corrected chi connectivity index (χ1v) is 7.58. The molecule has 1 atom stereocenters. The van der Waals surface area contributed by atoms with Crippen molar-refractivity contribution in [1.29, 1.82) is 0 Å². The Morgan fingerprint density at radius 1 is 1.47 bits per heavy atom. The summed E-state index contributed by atoms with van der Waals surface area (Å²) in [6.45, 7) is 4.00. The van der Waals surface area contributed by atoms with Gasteiger partial charge in [0, 0.05) is 31.9 Å². The number of aryl methyl sites for hydroxylation is 2. The maximum atomic E-state index is 6.03. The zero-order valence-electron chi connectivity index (χ0n) is 12.6. The Morgan fingerprint density at radius 3 is 2.74 bits per heavy atom. The lowest BCUT2D eigenvalue weighted by atomic mass is 10.0. The van der Waals surface area contributed by atoms with E-state index in [1.165, 1.54) is 43.5 Å². The van der Waals surface area contributed by atoms with E-state index < -0.39 is 0 Å². The van der Waals surface area contributed by atoms with Gasteiger partial charge in [-0.25, -0.2) is 0 Å². The number of rotatable bonds is 6. The third-order valence-corrected chi connectivity index (χ3v) is 4.41. The van der Waals surface area contributed by atoms with Crippen LogP contribution in [0.4, 0.5) is 0 Å². The monoisotopic (exact) mass is 264 g/mol. The minimum absolute atomic E-state index is 0.309. The lowest BCUT2D eigenvalue weighted by Crippen LogP contribution is -2.34. The van der Waals surface area contributed by atoms with Crippen LogP contribution in [0.3, 0.4) is 0 Å². The molecule has 19 heavy (non-hydrogen) atoms. The molecule has 0 aromatic carbocycles. The van der Waals surface area contributed by atoms with Crippen molar-refractivity contribution < 1.29 is 0 Å². The van der Waals surface area contributed by atoms with E-state index in [-0.39, 0.29) is 0 Å². The van der Waals surface area contributed by atoms with Gasteiger partial charge in [-0.05, 0) is 32.2 Å². The largest absolute Gasteiger partial charge is 0.329 e. The van der Waals surface area contributed by atoms with Crippen LogP contribution in [0.25, 0.3) is 0 Å². The fourth-order valence-electron chi connectivity index (χ4n) is 3.38. The highest BCUT2D eigenvalue weighted by atomic mass is 15.3. The summed E-state index contributed by atoms with van der Waals surface area (Å²) in [6, 6.07) is 0.309. The van der Waals surface area contributed by atoms with Gasteiger partial charge in [-0.3, -0.25) is 9.58 Å². The van der Waals surface area contributed by atoms with Gasteiger partial charge in [0.05, 0.1) is 11.7 Å². The maximum Gasteiger partial charge on any atom is 0.0670 e. The molecule has 0 radical (unpaired) electrons. The van der Waals surface area contributed by atoms with Gasteiger partial charge < -0.3 is 5.73 Å². The van der Waals surface area contributed by atoms with Crippen molar-refractivity contribution in [2.45, 2.75) is 45.1 Å². The van der Waals surface area contributed by atoms with Crippen LogP contribution in [-0.2, 0) is 13.5 Å². The Labute approximate surface area is 117 Å². The van der Waals surface area contributed by atoms with Crippen molar-refractivity contribution in [2.75, 3.05) is 20.1 Å². The summed E-state index contributed by atoms with van der Waals surface area (Å²) in [7, 11) is 4.20. The minimum atomic E-state index is 0.309. The fraction of sp³-hybridized carbons (Fsp3) is 0.800. The number of hydrogen-bond donors (Lipinski definition) is 1. The van der Waals surface area contributed by atoms with Gasteiger partial charge in [0.1, 0.15) is 0 Å². The smallest absolute Gasteiger partial charge is 0.0670 e. The molecule has 1 aromatic heterocycles. The molecule has 1 saturated carbocycles. The van der Waals surface area contributed by atoms with Crippen molar-refractivity contribution in [3.8, 4) is 0 Å². The molecule has 1 aliphatic rings. The maximum absolute atomic E-state index is 6.03. The Balaban J connectivity index is 2.08. The van der Waals surface area contributed by atoms with E-state index in [0.717, 1.165) is 12.3 Å². The molecule has 108 valence electrons. The van der Waals surface area contributed by atoms with Gasteiger partial charge in [-0.15, -0.1) is 0 Å². The predicted octanol–water partition coefficient (Wildman–Crippen LogP) is 2.10. The van der Waals surface area contributed by atoms with Gasteiger partial charge in [0.15, 0.2) is 0 Å². The average Bonchev–Trinajstić information content (AvgIpc) is 3.00. The summed E-state index contributed by atoms with van der Waals surface area (Å²) in [6.07, 6.45) is 8.69. The van der Waals surface area contributed by atoms with Crippen LogP contribution in [0.1, 0.15) is 49.9 Å². The SMILES string of the molecule is CCc1nn(C)cc1C(CN)N(C)CC1CCCC1. The molecule has 0 bridgehead atoms. The van der Waals surface area contributed by atoms with Crippen LogP contribution in [-0.4, -0.2) is 34.8 Å². The van der Waals surface area contributed by atoms with E-state index in [4.69, 9.17) is 5.73 Å². The molecule has 1 fully saturated rings. The van der Waals surface area contributed by atoms with E-state index in [0.29, 0.717) is 12.6 Å². The molecule has 0 spiro atoms. The molecule has 4 heteroatoms. The van der Waals surface area contributed by atoms with Crippen LogP contribution in [0.5, 0.6) is 0 Å². The molecule has 0 amide bonds. The van der Waals surface area contributed by atoms with Gasteiger partial charge in [0.25, 0.3) is 0 Å². The zero-order chi connectivity index (χ0) is 13.8. The number of nitrogens with two attached hydrogens (primary N) is 1. The Bertz CT molecular complexity index is 393. The van der Waals surface area contributed by atoms with Crippen molar-refractivity contribution in [3.05, 3.63) is 17.5 Å². The van der Waals surface area contributed by atoms with Gasteiger partial charge in [-0.1, -0.05) is 19.8 Å². The third kappa shape index (κ3) is 3.37. The average molecular weight is 264 g/mol. The molecule has 1 unspecified atom stereocenters. The van der Waals surface area contributed by atoms with Crippen LogP contribution < -0.4 is 5.73 Å². The molecule has 1 aromatic rings. The summed E-state index contributed by atoms with van der Waals surface area (Å²) in [5, 5.41) is 4.55. The zero-order valence-corrected chi connectivity index (χ0v) is 12.6. The quantitative estimate of drug-likeness (QED) is 0.856. The van der Waals surface area contributed by atoms with Gasteiger partial charge in [0.2, 0.25) is 0 Å². The van der Waals surface area contributed by atoms with Gasteiger partial charge in [-0.2, -0.15) is 5.10 Å². The molecular formula is C15H28N4. The first-order valence-electron chi connectivity index (χ1n) is 7.58. The third-order valence-electron chi connectivity index (χ3n) is 4.41. The number of likely N-dealkylation sites (N-methyl/N-ethyl adjacent to an activating group) is 1. The molecule has 0 aliphatic heterocycles. The first-order chi connectivity index (χ1) is 9.15. The van der Waals surface area contributed by atoms with Crippen molar-refractivity contribution in [1.82, 2.24) is 14.7 Å². The minimum Gasteiger partial charge on any atom is -0.329 e. The lowest BCUT2D eigenvalue weighted by Gasteiger charge is -2.29. The van der Waals surface area contributed by atoms with E-state index in [1.807, 2.05) is 11.7 Å². The number of hydrogen-bond acceptors (Lipinski definition) is 3. The Morgan fingerprint density at radius 2 is 2.16 bits per heavy atom. The topological polar surface area (TPSA) is 47.1 Å². The van der Waals surface area contributed by atoms with Crippen LogP contribution in [0, 0.1) is 5.92 Å². The van der Waals surface area contributed by atoms with Gasteiger partial charge >= 0.3 is 0 Å². The predicted molar refractivity (Wildman–Crippen MR) is 79.0 cm³/mol. The van der Waals surface area contributed by atoms with E-state index in [9.17, 15) is 0 Å². The second kappa shape index (κ2) is 6.53.